The Kier molecular flexibility index (Phi) is 7.27. The number of unbranched alkanes of at least 4 members (excludes halogenated alkanes) is 3. The molecule has 0 amide bonds. The third-order valence-electron chi connectivity index (χ3n) is 2.00. The summed E-state index contributed by atoms with van der Waals surface area (Å²) in [5.74, 6) is 0. The second-order valence-electron chi connectivity index (χ2n) is 3.21. The van der Waals surface area contributed by atoms with Gasteiger partial charge in [-0.3, -0.25) is 0 Å². The molecule has 14 heavy (non-hydrogen) atoms. The Bertz CT molecular complexity index is 214. The Balaban J connectivity index is 1.85. The Hall–Kier alpha value is 0.0700. The summed E-state index contributed by atoms with van der Waals surface area (Å²) in [6, 6.07) is 0. The molecule has 0 unspecified atom stereocenters. The van der Waals surface area contributed by atoms with Crippen molar-refractivity contribution in [3.63, 3.8) is 0 Å². The van der Waals surface area contributed by atoms with Crippen LogP contribution in [0.25, 0.3) is 0 Å². The maximum Gasteiger partial charge on any atom is 0.106 e. The van der Waals surface area contributed by atoms with Crippen LogP contribution in [0.5, 0.6) is 0 Å². The van der Waals surface area contributed by atoms with E-state index in [2.05, 4.69) is 26.2 Å². The average Bonchev–Trinajstić information content (AvgIpc) is 2.69. The molecule has 0 aliphatic heterocycles. The van der Waals surface area contributed by atoms with E-state index in [1.807, 2.05) is 11.6 Å². The summed E-state index contributed by atoms with van der Waals surface area (Å²) in [6.45, 7) is 2.04. The standard InChI is InChI=1S/C10H17BrN2S/c11-5-3-1-2-4-6-12-9-10-13-7-8-14-10/h7-8,12H,1-6,9H2. The van der Waals surface area contributed by atoms with Crippen LogP contribution in [0, 0.1) is 0 Å². The van der Waals surface area contributed by atoms with Gasteiger partial charge in [-0.1, -0.05) is 28.8 Å². The minimum Gasteiger partial charge on any atom is -0.310 e. The molecule has 1 rings (SSSR count). The first kappa shape index (κ1) is 12.1. The molecule has 0 fully saturated rings. The smallest absolute Gasteiger partial charge is 0.106 e. The summed E-state index contributed by atoms with van der Waals surface area (Å²) in [5, 5.41) is 7.75. The van der Waals surface area contributed by atoms with E-state index >= 15 is 0 Å². The Morgan fingerprint density at radius 2 is 2.14 bits per heavy atom. The van der Waals surface area contributed by atoms with Crippen molar-refractivity contribution >= 4 is 27.3 Å². The normalized spacial score (nSPS) is 10.6. The van der Waals surface area contributed by atoms with Gasteiger partial charge in [-0.15, -0.1) is 11.3 Å². The molecule has 1 heterocycles. The summed E-state index contributed by atoms with van der Waals surface area (Å²) in [5.41, 5.74) is 0. The topological polar surface area (TPSA) is 24.9 Å². The van der Waals surface area contributed by atoms with E-state index in [9.17, 15) is 0 Å². The van der Waals surface area contributed by atoms with Crippen LogP contribution in [0.2, 0.25) is 0 Å². The van der Waals surface area contributed by atoms with E-state index in [0.717, 1.165) is 18.4 Å². The van der Waals surface area contributed by atoms with Crippen molar-refractivity contribution in [3.8, 4) is 0 Å². The van der Waals surface area contributed by atoms with Crippen molar-refractivity contribution in [2.45, 2.75) is 32.2 Å². The number of thiazole rings is 1. The fraction of sp³-hybridized carbons (Fsp3) is 0.700. The summed E-state index contributed by atoms with van der Waals surface area (Å²) in [7, 11) is 0. The minimum atomic E-state index is 0.927. The summed E-state index contributed by atoms with van der Waals surface area (Å²) in [6.07, 6.45) is 7.10. The highest BCUT2D eigenvalue weighted by atomic mass is 79.9. The highest BCUT2D eigenvalue weighted by Gasteiger charge is 1.93. The molecule has 80 valence electrons. The first-order valence-electron chi connectivity index (χ1n) is 5.08. The minimum absolute atomic E-state index is 0.927. The van der Waals surface area contributed by atoms with Crippen LogP contribution in [0.4, 0.5) is 0 Å². The lowest BCUT2D eigenvalue weighted by Gasteiger charge is -2.01. The van der Waals surface area contributed by atoms with Crippen molar-refractivity contribution < 1.29 is 0 Å². The number of alkyl halides is 1. The summed E-state index contributed by atoms with van der Waals surface area (Å²) >= 11 is 5.15. The van der Waals surface area contributed by atoms with Gasteiger partial charge in [0.05, 0.1) is 0 Å². The quantitative estimate of drug-likeness (QED) is 0.583. The van der Waals surface area contributed by atoms with E-state index in [4.69, 9.17) is 0 Å². The number of aromatic nitrogens is 1. The van der Waals surface area contributed by atoms with Crippen LogP contribution in [-0.4, -0.2) is 16.9 Å². The monoisotopic (exact) mass is 276 g/mol. The lowest BCUT2D eigenvalue weighted by Crippen LogP contribution is -2.14. The molecule has 0 bridgehead atoms. The zero-order chi connectivity index (χ0) is 10.1. The Labute approximate surface area is 98.3 Å². The molecule has 4 heteroatoms. The summed E-state index contributed by atoms with van der Waals surface area (Å²) < 4.78 is 0. The molecular formula is C10H17BrN2S. The van der Waals surface area contributed by atoms with E-state index in [-0.39, 0.29) is 0 Å². The molecule has 0 saturated heterocycles. The molecule has 0 aromatic carbocycles. The molecule has 0 saturated carbocycles. The van der Waals surface area contributed by atoms with Crippen LogP contribution in [-0.2, 0) is 6.54 Å². The molecule has 0 aliphatic rings. The molecule has 1 aromatic heterocycles. The fourth-order valence-corrected chi connectivity index (χ4v) is 2.22. The Morgan fingerprint density at radius 1 is 1.29 bits per heavy atom. The molecule has 0 radical (unpaired) electrons. The SMILES string of the molecule is BrCCCCCCNCc1nccs1. The van der Waals surface area contributed by atoms with Crippen molar-refractivity contribution in [3.05, 3.63) is 16.6 Å². The third-order valence-corrected chi connectivity index (χ3v) is 3.34. The predicted octanol–water partition coefficient (Wildman–Crippen LogP) is 3.19. The van der Waals surface area contributed by atoms with E-state index in [0.29, 0.717) is 0 Å². The average molecular weight is 277 g/mol. The second-order valence-corrected chi connectivity index (χ2v) is 4.98. The molecule has 1 N–H and O–H groups in total. The summed E-state index contributed by atoms with van der Waals surface area (Å²) in [4.78, 5) is 4.21. The van der Waals surface area contributed by atoms with Crippen molar-refractivity contribution in [1.29, 1.82) is 0 Å². The van der Waals surface area contributed by atoms with E-state index in [1.54, 1.807) is 11.3 Å². The van der Waals surface area contributed by atoms with Crippen molar-refractivity contribution in [2.75, 3.05) is 11.9 Å². The zero-order valence-electron chi connectivity index (χ0n) is 8.34. The van der Waals surface area contributed by atoms with Crippen molar-refractivity contribution in [2.24, 2.45) is 0 Å². The van der Waals surface area contributed by atoms with E-state index < -0.39 is 0 Å². The highest BCUT2D eigenvalue weighted by Crippen LogP contribution is 2.03. The van der Waals surface area contributed by atoms with Gasteiger partial charge in [0.25, 0.3) is 0 Å². The second kappa shape index (κ2) is 8.38. The van der Waals surface area contributed by atoms with Crippen LogP contribution >= 0.6 is 27.3 Å². The fourth-order valence-electron chi connectivity index (χ4n) is 1.23. The van der Waals surface area contributed by atoms with Crippen LogP contribution in [0.1, 0.15) is 30.7 Å². The first-order valence-corrected chi connectivity index (χ1v) is 7.08. The number of nitrogens with zero attached hydrogens (tertiary/aromatic N) is 1. The van der Waals surface area contributed by atoms with Crippen LogP contribution in [0.15, 0.2) is 11.6 Å². The Morgan fingerprint density at radius 3 is 2.86 bits per heavy atom. The van der Waals surface area contributed by atoms with E-state index in [1.165, 1.54) is 30.7 Å². The number of hydrogen-bond donors (Lipinski definition) is 1. The number of rotatable bonds is 8. The molecule has 0 atom stereocenters. The maximum absolute atomic E-state index is 4.21. The number of nitrogens with one attached hydrogen (secondary N) is 1. The van der Waals surface area contributed by atoms with Gasteiger partial charge in [0.2, 0.25) is 0 Å². The van der Waals surface area contributed by atoms with Gasteiger partial charge < -0.3 is 5.32 Å². The highest BCUT2D eigenvalue weighted by molar-refractivity contribution is 9.09. The van der Waals surface area contributed by atoms with Gasteiger partial charge in [0.15, 0.2) is 0 Å². The van der Waals surface area contributed by atoms with Crippen molar-refractivity contribution in [1.82, 2.24) is 10.3 Å². The van der Waals surface area contributed by atoms with Gasteiger partial charge in [-0.25, -0.2) is 4.98 Å². The molecule has 0 aliphatic carbocycles. The largest absolute Gasteiger partial charge is 0.310 e. The molecule has 0 spiro atoms. The maximum atomic E-state index is 4.21. The predicted molar refractivity (Wildman–Crippen MR) is 66.1 cm³/mol. The third kappa shape index (κ3) is 5.73. The van der Waals surface area contributed by atoms with Gasteiger partial charge in [-0.2, -0.15) is 0 Å². The molecule has 1 aromatic rings. The van der Waals surface area contributed by atoms with Gasteiger partial charge in [0.1, 0.15) is 5.01 Å². The zero-order valence-corrected chi connectivity index (χ0v) is 10.7. The van der Waals surface area contributed by atoms with Crippen LogP contribution in [0.3, 0.4) is 0 Å². The lowest BCUT2D eigenvalue weighted by atomic mass is 10.2. The van der Waals surface area contributed by atoms with Gasteiger partial charge in [-0.05, 0) is 19.4 Å². The lowest BCUT2D eigenvalue weighted by molar-refractivity contribution is 0.599. The molecule has 2 nitrogen and oxygen atoms in total. The van der Waals surface area contributed by atoms with Gasteiger partial charge in [0, 0.05) is 23.5 Å². The van der Waals surface area contributed by atoms with Crippen LogP contribution < -0.4 is 5.32 Å². The molecular weight excluding hydrogens is 260 g/mol. The first-order chi connectivity index (χ1) is 6.93. The number of hydrogen-bond acceptors (Lipinski definition) is 3. The van der Waals surface area contributed by atoms with Gasteiger partial charge >= 0.3 is 0 Å². The number of halogens is 1.